The molecule has 0 unspecified atom stereocenters. The SMILES string of the molecule is CCCNCCCS(=O)(=O)NCCC1CCN(C)CC1. The summed E-state index contributed by atoms with van der Waals surface area (Å²) in [7, 11) is -0.936. The largest absolute Gasteiger partial charge is 0.317 e. The molecule has 6 heteroatoms. The lowest BCUT2D eigenvalue weighted by Crippen LogP contribution is -2.33. The average Bonchev–Trinajstić information content (AvgIpc) is 2.40. The molecule has 1 saturated heterocycles. The fraction of sp³-hybridized carbons (Fsp3) is 1.00. The maximum absolute atomic E-state index is 11.8. The average molecular weight is 305 g/mol. The van der Waals surface area contributed by atoms with Crippen LogP contribution in [0.15, 0.2) is 0 Å². The molecule has 1 fully saturated rings. The Morgan fingerprint density at radius 3 is 2.50 bits per heavy atom. The summed E-state index contributed by atoms with van der Waals surface area (Å²) in [6, 6.07) is 0. The van der Waals surface area contributed by atoms with Crippen molar-refractivity contribution >= 4 is 10.0 Å². The molecule has 0 aromatic rings. The topological polar surface area (TPSA) is 61.4 Å². The lowest BCUT2D eigenvalue weighted by Gasteiger charge is -2.28. The Morgan fingerprint density at radius 1 is 1.15 bits per heavy atom. The highest BCUT2D eigenvalue weighted by atomic mass is 32.2. The highest BCUT2D eigenvalue weighted by molar-refractivity contribution is 7.89. The van der Waals surface area contributed by atoms with Gasteiger partial charge in [-0.3, -0.25) is 0 Å². The number of nitrogens with zero attached hydrogens (tertiary/aromatic N) is 1. The molecule has 1 aliphatic heterocycles. The molecule has 2 N–H and O–H groups in total. The first-order valence-electron chi connectivity index (χ1n) is 7.90. The summed E-state index contributed by atoms with van der Waals surface area (Å²) in [4.78, 5) is 2.34. The van der Waals surface area contributed by atoms with Crippen molar-refractivity contribution in [2.45, 2.75) is 39.0 Å². The van der Waals surface area contributed by atoms with E-state index in [1.165, 1.54) is 12.8 Å². The Morgan fingerprint density at radius 2 is 1.85 bits per heavy atom. The first kappa shape index (κ1) is 17.9. The third-order valence-electron chi connectivity index (χ3n) is 3.91. The van der Waals surface area contributed by atoms with E-state index in [-0.39, 0.29) is 5.75 Å². The van der Waals surface area contributed by atoms with Crippen LogP contribution in [-0.2, 0) is 10.0 Å². The molecule has 0 aromatic carbocycles. The number of likely N-dealkylation sites (tertiary alicyclic amines) is 1. The molecular formula is C14H31N3O2S. The van der Waals surface area contributed by atoms with Gasteiger partial charge in [-0.25, -0.2) is 13.1 Å². The van der Waals surface area contributed by atoms with Crippen molar-refractivity contribution in [2.24, 2.45) is 5.92 Å². The molecule has 0 atom stereocenters. The molecule has 20 heavy (non-hydrogen) atoms. The number of piperidine rings is 1. The standard InChI is InChI=1S/C14H31N3O2S/c1-3-8-15-9-4-13-20(18,19)16-10-5-14-6-11-17(2)12-7-14/h14-16H,3-13H2,1-2H3. The van der Waals surface area contributed by atoms with Gasteiger partial charge in [0.25, 0.3) is 0 Å². The quantitative estimate of drug-likeness (QED) is 0.592. The van der Waals surface area contributed by atoms with E-state index < -0.39 is 10.0 Å². The van der Waals surface area contributed by atoms with E-state index >= 15 is 0 Å². The van der Waals surface area contributed by atoms with Gasteiger partial charge in [0.15, 0.2) is 0 Å². The van der Waals surface area contributed by atoms with E-state index in [1.807, 2.05) is 0 Å². The van der Waals surface area contributed by atoms with Crippen LogP contribution in [0, 0.1) is 5.92 Å². The third-order valence-corrected chi connectivity index (χ3v) is 5.38. The first-order chi connectivity index (χ1) is 9.53. The van der Waals surface area contributed by atoms with Gasteiger partial charge >= 0.3 is 0 Å². The van der Waals surface area contributed by atoms with Crippen LogP contribution in [-0.4, -0.2) is 58.8 Å². The molecule has 0 saturated carbocycles. The van der Waals surface area contributed by atoms with E-state index in [4.69, 9.17) is 0 Å². The van der Waals surface area contributed by atoms with Crippen molar-refractivity contribution in [3.63, 3.8) is 0 Å². The minimum Gasteiger partial charge on any atom is -0.317 e. The molecule has 120 valence electrons. The third kappa shape index (κ3) is 8.19. The predicted molar refractivity (Wildman–Crippen MR) is 84.4 cm³/mol. The molecule has 0 aromatic heterocycles. The van der Waals surface area contributed by atoms with Crippen molar-refractivity contribution < 1.29 is 8.42 Å². The van der Waals surface area contributed by atoms with Crippen LogP contribution in [0.1, 0.15) is 39.0 Å². The Kier molecular flexibility index (Phi) is 8.68. The first-order valence-corrected chi connectivity index (χ1v) is 9.55. The maximum Gasteiger partial charge on any atom is 0.211 e. The molecule has 5 nitrogen and oxygen atoms in total. The van der Waals surface area contributed by atoms with Gasteiger partial charge in [-0.05, 0) is 71.2 Å². The lowest BCUT2D eigenvalue weighted by atomic mass is 9.94. The van der Waals surface area contributed by atoms with E-state index in [9.17, 15) is 8.42 Å². The molecule has 0 bridgehead atoms. The molecule has 1 rings (SSSR count). The van der Waals surface area contributed by atoms with Crippen LogP contribution >= 0.6 is 0 Å². The van der Waals surface area contributed by atoms with Crippen LogP contribution in [0.5, 0.6) is 0 Å². The second-order valence-electron chi connectivity index (χ2n) is 5.85. The van der Waals surface area contributed by atoms with Gasteiger partial charge < -0.3 is 10.2 Å². The van der Waals surface area contributed by atoms with Crippen molar-refractivity contribution in [3.05, 3.63) is 0 Å². The van der Waals surface area contributed by atoms with Gasteiger partial charge in [0.2, 0.25) is 10.0 Å². The molecule has 0 aliphatic carbocycles. The van der Waals surface area contributed by atoms with Crippen LogP contribution in [0.4, 0.5) is 0 Å². The Bertz CT molecular complexity index is 338. The van der Waals surface area contributed by atoms with Gasteiger partial charge in [0, 0.05) is 6.54 Å². The monoisotopic (exact) mass is 305 g/mol. The fourth-order valence-corrected chi connectivity index (χ4v) is 3.63. The number of hydrogen-bond donors (Lipinski definition) is 2. The highest BCUT2D eigenvalue weighted by Crippen LogP contribution is 2.18. The fourth-order valence-electron chi connectivity index (χ4n) is 2.53. The summed E-state index contributed by atoms with van der Waals surface area (Å²) in [5.41, 5.74) is 0. The van der Waals surface area contributed by atoms with Gasteiger partial charge in [-0.15, -0.1) is 0 Å². The minimum absolute atomic E-state index is 0.233. The van der Waals surface area contributed by atoms with Crippen molar-refractivity contribution in [2.75, 3.05) is 45.5 Å². The summed E-state index contributed by atoms with van der Waals surface area (Å²) >= 11 is 0. The van der Waals surface area contributed by atoms with Crippen molar-refractivity contribution in [3.8, 4) is 0 Å². The smallest absolute Gasteiger partial charge is 0.211 e. The Balaban J connectivity index is 2.07. The summed E-state index contributed by atoms with van der Waals surface area (Å²) in [5, 5.41) is 3.22. The summed E-state index contributed by atoms with van der Waals surface area (Å²) < 4.78 is 26.4. The molecule has 1 aliphatic rings. The molecule has 0 amide bonds. The van der Waals surface area contributed by atoms with Crippen molar-refractivity contribution in [1.29, 1.82) is 0 Å². The zero-order valence-electron chi connectivity index (χ0n) is 13.0. The van der Waals surface area contributed by atoms with Crippen LogP contribution in [0.3, 0.4) is 0 Å². The number of hydrogen-bond acceptors (Lipinski definition) is 4. The molecule has 0 spiro atoms. The highest BCUT2D eigenvalue weighted by Gasteiger charge is 2.17. The van der Waals surface area contributed by atoms with Gasteiger partial charge in [0.1, 0.15) is 0 Å². The van der Waals surface area contributed by atoms with Crippen LogP contribution < -0.4 is 10.0 Å². The maximum atomic E-state index is 11.8. The molecule has 0 radical (unpaired) electrons. The van der Waals surface area contributed by atoms with E-state index in [2.05, 4.69) is 28.9 Å². The van der Waals surface area contributed by atoms with Gasteiger partial charge in [-0.2, -0.15) is 0 Å². The van der Waals surface area contributed by atoms with Crippen molar-refractivity contribution in [1.82, 2.24) is 14.9 Å². The number of sulfonamides is 1. The summed E-state index contributed by atoms with van der Waals surface area (Å²) in [5.74, 6) is 0.914. The predicted octanol–water partition coefficient (Wildman–Crippen LogP) is 1.03. The lowest BCUT2D eigenvalue weighted by molar-refractivity contribution is 0.213. The zero-order chi connectivity index (χ0) is 14.8. The van der Waals surface area contributed by atoms with Gasteiger partial charge in [-0.1, -0.05) is 6.92 Å². The minimum atomic E-state index is -3.08. The van der Waals surface area contributed by atoms with E-state index in [0.29, 0.717) is 18.9 Å². The zero-order valence-corrected chi connectivity index (χ0v) is 13.8. The molecular weight excluding hydrogens is 274 g/mol. The van der Waals surface area contributed by atoms with Gasteiger partial charge in [0.05, 0.1) is 5.75 Å². The normalized spacial score (nSPS) is 18.5. The van der Waals surface area contributed by atoms with Crippen LogP contribution in [0.25, 0.3) is 0 Å². The molecule has 1 heterocycles. The summed E-state index contributed by atoms with van der Waals surface area (Å²) in [6.45, 7) is 6.72. The summed E-state index contributed by atoms with van der Waals surface area (Å²) in [6.07, 6.45) is 5.13. The second kappa shape index (κ2) is 9.71. The van der Waals surface area contributed by atoms with Crippen LogP contribution in [0.2, 0.25) is 0 Å². The Hall–Kier alpha value is -0.170. The number of nitrogens with one attached hydrogen (secondary N) is 2. The van der Waals surface area contributed by atoms with E-state index in [0.717, 1.165) is 39.0 Å². The Labute approximate surface area is 124 Å². The number of rotatable bonds is 10. The second-order valence-corrected chi connectivity index (χ2v) is 7.78. The van der Waals surface area contributed by atoms with E-state index in [1.54, 1.807) is 0 Å².